The van der Waals surface area contributed by atoms with Crippen LogP contribution >= 0.6 is 0 Å². The highest BCUT2D eigenvalue weighted by Gasteiger charge is 2.62. The van der Waals surface area contributed by atoms with Crippen LogP contribution in [0.3, 0.4) is 0 Å². The fraction of sp³-hybridized carbons (Fsp3) is 0.282. The summed E-state index contributed by atoms with van der Waals surface area (Å²) in [6, 6.07) is 27.2. The molecule has 0 radical (unpaired) electrons. The van der Waals surface area contributed by atoms with Crippen molar-refractivity contribution in [3.05, 3.63) is 148 Å². The second-order valence-electron chi connectivity index (χ2n) is 12.6. The van der Waals surface area contributed by atoms with Gasteiger partial charge in [0.25, 0.3) is 0 Å². The van der Waals surface area contributed by atoms with Gasteiger partial charge in [-0.3, -0.25) is 0 Å². The topological polar surface area (TPSA) is 9.72 Å². The molecule has 2 heterocycles. The fourth-order valence-electron chi connectivity index (χ4n) is 7.94. The molecule has 2 aliphatic rings. The number of benzene rings is 4. The summed E-state index contributed by atoms with van der Waals surface area (Å²) in [7, 11) is -3.00. The molecule has 6 rings (SSSR count). The summed E-state index contributed by atoms with van der Waals surface area (Å²) in [4.78, 5) is 0. The zero-order valence-corrected chi connectivity index (χ0v) is 28.1. The van der Waals surface area contributed by atoms with E-state index in [9.17, 15) is 0 Å². The van der Waals surface area contributed by atoms with E-state index in [0.717, 1.165) is 12.8 Å². The van der Waals surface area contributed by atoms with E-state index < -0.39 is 8.56 Å². The van der Waals surface area contributed by atoms with Gasteiger partial charge in [-0.15, -0.1) is 0 Å². The van der Waals surface area contributed by atoms with Gasteiger partial charge in [-0.2, -0.15) is 0 Å². The molecule has 1 atom stereocenters. The Kier molecular flexibility index (Phi) is 7.60. The van der Waals surface area contributed by atoms with Crippen molar-refractivity contribution in [2.75, 3.05) is 13.7 Å². The van der Waals surface area contributed by atoms with Gasteiger partial charge in [0.1, 0.15) is 0 Å². The van der Waals surface area contributed by atoms with Crippen LogP contribution in [0, 0.1) is 55.4 Å². The maximum Gasteiger partial charge on any atom is 0.400 e. The van der Waals surface area contributed by atoms with Gasteiger partial charge in [0, 0.05) is 35.0 Å². The predicted octanol–water partition coefficient (Wildman–Crippen LogP) is 10.0. The Hall–Kier alpha value is -4.02. The van der Waals surface area contributed by atoms with E-state index in [-0.39, 0.29) is 5.54 Å². The maximum absolute atomic E-state index is 3.00. The molecule has 43 heavy (non-hydrogen) atoms. The Morgan fingerprint density at radius 1 is 0.465 bits per heavy atom. The van der Waals surface area contributed by atoms with Crippen molar-refractivity contribution in [3.8, 4) is 0 Å². The Bertz CT molecular complexity index is 1610. The molecule has 0 aromatic heterocycles. The van der Waals surface area contributed by atoms with E-state index in [1.807, 2.05) is 0 Å². The molecule has 0 bridgehead atoms. The molecule has 220 valence electrons. The van der Waals surface area contributed by atoms with Crippen LogP contribution in [0.5, 0.6) is 0 Å². The first-order valence-electron chi connectivity index (χ1n) is 15.7. The van der Waals surface area contributed by atoms with E-state index in [1.165, 1.54) is 67.1 Å². The summed E-state index contributed by atoms with van der Waals surface area (Å²) in [5.41, 5.74) is 16.4. The standard InChI is InChI=1S/C39H45N3Si/c1-27-15-11-16-28(2)36(27)35-23-9-10-24-40(37-29(3)17-12-18-30(37)4)43(35)41(38-31(5)19-13-20-32(38)6)25-26-42(43)39-33(7)21-14-22-34(39)8/h10-22,24-26,35H,9,23H2,1-8H3. The van der Waals surface area contributed by atoms with Gasteiger partial charge in [0.15, 0.2) is 0 Å². The highest BCUT2D eigenvalue weighted by Crippen LogP contribution is 2.52. The number of hydrogen-bond donors (Lipinski definition) is 0. The summed E-state index contributed by atoms with van der Waals surface area (Å²) in [5.74, 6) is 0. The number of hydrogen-bond acceptors (Lipinski definition) is 3. The summed E-state index contributed by atoms with van der Waals surface area (Å²) in [5, 5.41) is 0. The van der Waals surface area contributed by atoms with E-state index in [1.54, 1.807) is 0 Å². The van der Waals surface area contributed by atoms with Crippen LogP contribution in [0.1, 0.15) is 68.5 Å². The van der Waals surface area contributed by atoms with Crippen LogP contribution in [0.4, 0.5) is 17.1 Å². The predicted molar refractivity (Wildman–Crippen MR) is 187 cm³/mol. The molecule has 0 saturated carbocycles. The van der Waals surface area contributed by atoms with Gasteiger partial charge in [-0.25, -0.2) is 0 Å². The quantitative estimate of drug-likeness (QED) is 0.221. The average Bonchev–Trinajstić information content (AvgIpc) is 3.21. The molecule has 4 aromatic rings. The van der Waals surface area contributed by atoms with Crippen molar-refractivity contribution >= 4 is 25.6 Å². The highest BCUT2D eigenvalue weighted by molar-refractivity contribution is 6.93. The number of rotatable bonds is 4. The lowest BCUT2D eigenvalue weighted by molar-refractivity contribution is 0.763. The molecule has 2 aliphatic heterocycles. The summed E-state index contributed by atoms with van der Waals surface area (Å²) >= 11 is 0. The number of para-hydroxylation sites is 3. The van der Waals surface area contributed by atoms with Crippen molar-refractivity contribution < 1.29 is 0 Å². The molecular formula is C39H45N3Si. The number of aryl methyl sites for hydroxylation is 8. The third kappa shape index (κ3) is 4.55. The van der Waals surface area contributed by atoms with Gasteiger partial charge < -0.3 is 13.7 Å². The van der Waals surface area contributed by atoms with Crippen molar-refractivity contribution in [1.82, 2.24) is 0 Å². The van der Waals surface area contributed by atoms with Crippen molar-refractivity contribution in [2.45, 2.75) is 73.8 Å². The third-order valence-electron chi connectivity index (χ3n) is 9.70. The molecule has 0 amide bonds. The zero-order chi connectivity index (χ0) is 30.5. The molecule has 0 aliphatic carbocycles. The number of nitrogens with zero attached hydrogens (tertiary/aromatic N) is 3. The molecule has 0 fully saturated rings. The molecule has 3 nitrogen and oxygen atoms in total. The van der Waals surface area contributed by atoms with Crippen LogP contribution in [0.25, 0.3) is 0 Å². The Balaban J connectivity index is 1.81. The first kappa shape index (κ1) is 29.1. The minimum atomic E-state index is -3.00. The summed E-state index contributed by atoms with van der Waals surface area (Å²) in [6.07, 6.45) is 11.8. The maximum atomic E-state index is 2.76. The van der Waals surface area contributed by atoms with Gasteiger partial charge in [-0.05, 0) is 125 Å². The van der Waals surface area contributed by atoms with Crippen LogP contribution < -0.4 is 13.7 Å². The number of allylic oxidation sites excluding steroid dienone is 1. The molecule has 1 unspecified atom stereocenters. The minimum absolute atomic E-state index is 0.288. The lowest BCUT2D eigenvalue weighted by Gasteiger charge is -2.54. The van der Waals surface area contributed by atoms with Gasteiger partial charge >= 0.3 is 8.56 Å². The summed E-state index contributed by atoms with van der Waals surface area (Å²) < 4.78 is 8.27. The van der Waals surface area contributed by atoms with Crippen LogP contribution in [0.15, 0.2) is 97.5 Å². The largest absolute Gasteiger partial charge is 0.400 e. The lowest BCUT2D eigenvalue weighted by Crippen LogP contribution is -2.74. The van der Waals surface area contributed by atoms with Crippen LogP contribution in [-0.2, 0) is 0 Å². The van der Waals surface area contributed by atoms with Crippen LogP contribution in [0.2, 0.25) is 0 Å². The van der Waals surface area contributed by atoms with Crippen molar-refractivity contribution in [2.24, 2.45) is 0 Å². The van der Waals surface area contributed by atoms with E-state index in [0.29, 0.717) is 0 Å². The monoisotopic (exact) mass is 583 g/mol. The van der Waals surface area contributed by atoms with Gasteiger partial charge in [0.05, 0.1) is 0 Å². The minimum Gasteiger partial charge on any atom is -0.339 e. The fourth-order valence-corrected chi connectivity index (χ4v) is 14.0. The molecule has 1 spiro atoms. The normalized spacial score (nSPS) is 17.7. The van der Waals surface area contributed by atoms with E-state index in [4.69, 9.17) is 0 Å². The Morgan fingerprint density at radius 3 is 1.16 bits per heavy atom. The highest BCUT2D eigenvalue weighted by atomic mass is 28.4. The van der Waals surface area contributed by atoms with Crippen molar-refractivity contribution in [1.29, 1.82) is 0 Å². The Morgan fingerprint density at radius 2 is 0.791 bits per heavy atom. The molecular weight excluding hydrogens is 539 g/mol. The average molecular weight is 584 g/mol. The van der Waals surface area contributed by atoms with E-state index >= 15 is 0 Å². The summed E-state index contributed by atoms with van der Waals surface area (Å²) in [6.45, 7) is 18.3. The van der Waals surface area contributed by atoms with Crippen molar-refractivity contribution in [3.63, 3.8) is 0 Å². The second-order valence-corrected chi connectivity index (χ2v) is 16.2. The third-order valence-corrected chi connectivity index (χ3v) is 14.5. The first-order chi connectivity index (χ1) is 20.7. The van der Waals surface area contributed by atoms with Gasteiger partial charge in [0.2, 0.25) is 0 Å². The second kappa shape index (κ2) is 11.2. The van der Waals surface area contributed by atoms with Crippen LogP contribution in [-0.4, -0.2) is 8.56 Å². The lowest BCUT2D eigenvalue weighted by atomic mass is 9.97. The van der Waals surface area contributed by atoms with E-state index in [2.05, 4.69) is 167 Å². The smallest absolute Gasteiger partial charge is 0.339 e. The zero-order valence-electron chi connectivity index (χ0n) is 27.1. The first-order valence-corrected chi connectivity index (χ1v) is 17.6. The molecule has 0 N–H and O–H groups in total. The SMILES string of the molecule is Cc1cccc(C)c1C1CCC=CN(c2c(C)cccc2C)[Si]12N(c1c(C)cccc1C)C=CN2c1c(C)cccc1C. The number of anilines is 3. The molecule has 4 heteroatoms. The Labute approximate surface area is 260 Å². The molecule has 0 saturated heterocycles. The molecule has 4 aromatic carbocycles. The van der Waals surface area contributed by atoms with Gasteiger partial charge in [-0.1, -0.05) is 78.9 Å².